The predicted molar refractivity (Wildman–Crippen MR) is 162 cm³/mol. The predicted octanol–water partition coefficient (Wildman–Crippen LogP) is 4.67. The van der Waals surface area contributed by atoms with Crippen molar-refractivity contribution in [3.63, 3.8) is 0 Å². The number of aromatic nitrogens is 2. The van der Waals surface area contributed by atoms with E-state index >= 15 is 0 Å². The maximum atomic E-state index is 13.1. The summed E-state index contributed by atoms with van der Waals surface area (Å²) < 4.78 is 13.6. The van der Waals surface area contributed by atoms with Gasteiger partial charge in [0.05, 0.1) is 19.3 Å². The molecular weight excluding hydrogens is 528 g/mol. The van der Waals surface area contributed by atoms with Crippen molar-refractivity contribution in [2.75, 3.05) is 44.7 Å². The van der Waals surface area contributed by atoms with Crippen LogP contribution in [0.3, 0.4) is 0 Å². The van der Waals surface area contributed by atoms with Crippen LogP contribution in [0, 0.1) is 17.2 Å². The molecule has 4 heterocycles. The second-order valence-electron chi connectivity index (χ2n) is 11.1. The van der Waals surface area contributed by atoms with E-state index < -0.39 is 0 Å². The van der Waals surface area contributed by atoms with E-state index in [0.29, 0.717) is 29.8 Å². The third-order valence-corrected chi connectivity index (χ3v) is 8.61. The van der Waals surface area contributed by atoms with Crippen molar-refractivity contribution in [3.8, 4) is 28.7 Å². The van der Waals surface area contributed by atoms with E-state index in [0.717, 1.165) is 48.6 Å². The zero-order valence-corrected chi connectivity index (χ0v) is 24.3. The first-order valence-electron chi connectivity index (χ1n) is 14.5. The van der Waals surface area contributed by atoms with Gasteiger partial charge in [0.1, 0.15) is 34.8 Å². The number of ether oxygens (including phenoxy) is 2. The highest BCUT2D eigenvalue weighted by Gasteiger charge is 2.37. The van der Waals surface area contributed by atoms with E-state index in [9.17, 15) is 10.1 Å². The highest BCUT2D eigenvalue weighted by molar-refractivity contribution is 5.79. The second-order valence-corrected chi connectivity index (χ2v) is 11.1. The molecule has 9 heteroatoms. The van der Waals surface area contributed by atoms with Crippen molar-refractivity contribution in [2.24, 2.45) is 5.92 Å². The number of methoxy groups -OCH3 is 1. The molecule has 216 valence electrons. The summed E-state index contributed by atoms with van der Waals surface area (Å²) >= 11 is 0. The number of likely N-dealkylation sites (tertiary alicyclic amines) is 1. The molecule has 1 amide bonds. The van der Waals surface area contributed by atoms with Gasteiger partial charge in [0.15, 0.2) is 0 Å². The summed E-state index contributed by atoms with van der Waals surface area (Å²) in [6, 6.07) is 20.6. The van der Waals surface area contributed by atoms with Gasteiger partial charge in [0.2, 0.25) is 5.91 Å². The molecule has 4 aromatic rings. The van der Waals surface area contributed by atoms with Gasteiger partial charge in [-0.1, -0.05) is 24.3 Å². The van der Waals surface area contributed by atoms with Crippen LogP contribution in [0.5, 0.6) is 11.5 Å². The minimum atomic E-state index is -0.252. The standard InChI is InChI=1S/C33H36N6O3/c1-22(24-6-10-30(41-3)11-7-24)38-20-26(17-32(38)40)23(2)42-31-16-27(21-39-33(31)28(18-34)19-36-39)25-4-8-29(9-5-25)37-14-12-35-13-15-37/h4-11,16,19,21-23,26,35H,12-15,17,20H2,1-3H3/t22-,23-,26-/m1/s1. The highest BCUT2D eigenvalue weighted by Crippen LogP contribution is 2.35. The number of carbonyl (C=O) groups is 1. The first-order valence-corrected chi connectivity index (χ1v) is 14.5. The van der Waals surface area contributed by atoms with Gasteiger partial charge in [-0.2, -0.15) is 10.4 Å². The van der Waals surface area contributed by atoms with E-state index in [1.807, 2.05) is 48.4 Å². The van der Waals surface area contributed by atoms with Crippen LogP contribution in [0.25, 0.3) is 16.6 Å². The van der Waals surface area contributed by atoms with E-state index in [4.69, 9.17) is 9.47 Å². The lowest BCUT2D eigenvalue weighted by atomic mass is 10.0. The minimum absolute atomic E-state index is 0.00803. The first kappa shape index (κ1) is 27.6. The average Bonchev–Trinajstić information content (AvgIpc) is 3.64. The smallest absolute Gasteiger partial charge is 0.223 e. The molecule has 0 spiro atoms. The maximum absolute atomic E-state index is 13.1. The summed E-state index contributed by atoms with van der Waals surface area (Å²) in [5, 5.41) is 17.6. The van der Waals surface area contributed by atoms with Crippen LogP contribution in [-0.4, -0.2) is 66.4 Å². The number of fused-ring (bicyclic) bond motifs is 1. The van der Waals surface area contributed by atoms with Crippen LogP contribution in [-0.2, 0) is 4.79 Å². The number of benzene rings is 2. The van der Waals surface area contributed by atoms with Crippen molar-refractivity contribution in [2.45, 2.75) is 32.4 Å². The van der Waals surface area contributed by atoms with E-state index in [-0.39, 0.29) is 24.0 Å². The number of piperazine rings is 1. The number of nitriles is 1. The van der Waals surface area contributed by atoms with Crippen molar-refractivity contribution in [1.82, 2.24) is 19.8 Å². The fraction of sp³-hybridized carbons (Fsp3) is 0.364. The SMILES string of the molecule is COc1ccc([C@@H](C)N2C[C@H]([C@@H](C)Oc3cc(-c4ccc(N5CCNCC5)cc4)cn4ncc(C#N)c34)CC2=O)cc1. The normalized spacial score (nSPS) is 18.6. The van der Waals surface area contributed by atoms with E-state index in [1.54, 1.807) is 17.8 Å². The molecule has 2 aromatic carbocycles. The van der Waals surface area contributed by atoms with Crippen LogP contribution in [0.1, 0.15) is 37.4 Å². The number of anilines is 1. The largest absolute Gasteiger partial charge is 0.497 e. The molecule has 2 fully saturated rings. The average molecular weight is 565 g/mol. The number of carbonyl (C=O) groups excluding carboxylic acids is 1. The van der Waals surface area contributed by atoms with Crippen molar-refractivity contribution >= 4 is 17.1 Å². The number of nitrogens with one attached hydrogen (secondary N) is 1. The summed E-state index contributed by atoms with van der Waals surface area (Å²) in [6.07, 6.45) is 3.67. The van der Waals surface area contributed by atoms with Gasteiger partial charge in [-0.25, -0.2) is 4.52 Å². The van der Waals surface area contributed by atoms with Gasteiger partial charge < -0.3 is 24.6 Å². The first-order chi connectivity index (χ1) is 20.4. The third kappa shape index (κ3) is 5.38. The van der Waals surface area contributed by atoms with Crippen LogP contribution < -0.4 is 19.7 Å². The van der Waals surface area contributed by atoms with Gasteiger partial charge in [-0.05, 0) is 55.3 Å². The number of hydrogen-bond donors (Lipinski definition) is 1. The van der Waals surface area contributed by atoms with E-state index in [1.165, 1.54) is 5.69 Å². The van der Waals surface area contributed by atoms with Gasteiger partial charge in [0.25, 0.3) is 0 Å². The lowest BCUT2D eigenvalue weighted by Crippen LogP contribution is -2.43. The Morgan fingerprint density at radius 3 is 2.48 bits per heavy atom. The van der Waals surface area contributed by atoms with Crippen molar-refractivity contribution in [3.05, 3.63) is 78.1 Å². The molecule has 2 aromatic heterocycles. The Morgan fingerprint density at radius 2 is 1.79 bits per heavy atom. The maximum Gasteiger partial charge on any atom is 0.223 e. The number of amides is 1. The van der Waals surface area contributed by atoms with Crippen LogP contribution in [0.15, 0.2) is 67.0 Å². The molecule has 2 saturated heterocycles. The summed E-state index contributed by atoms with van der Waals surface area (Å²) in [7, 11) is 1.64. The molecule has 0 radical (unpaired) electrons. The minimum Gasteiger partial charge on any atom is -0.497 e. The zero-order valence-electron chi connectivity index (χ0n) is 24.3. The molecule has 42 heavy (non-hydrogen) atoms. The fourth-order valence-corrected chi connectivity index (χ4v) is 6.01. The zero-order chi connectivity index (χ0) is 29.2. The quantitative estimate of drug-likeness (QED) is 0.332. The highest BCUT2D eigenvalue weighted by atomic mass is 16.5. The topological polar surface area (TPSA) is 95.1 Å². The molecule has 3 atom stereocenters. The number of pyridine rings is 1. The van der Waals surface area contributed by atoms with Gasteiger partial charge in [0, 0.05) is 62.5 Å². The number of nitrogens with zero attached hydrogens (tertiary/aromatic N) is 5. The lowest BCUT2D eigenvalue weighted by Gasteiger charge is -2.29. The Bertz CT molecular complexity index is 1600. The summed E-state index contributed by atoms with van der Waals surface area (Å²) in [4.78, 5) is 17.4. The molecule has 2 aliphatic heterocycles. The number of rotatable bonds is 8. The third-order valence-electron chi connectivity index (χ3n) is 8.61. The molecule has 9 nitrogen and oxygen atoms in total. The van der Waals surface area contributed by atoms with Gasteiger partial charge in [-0.15, -0.1) is 0 Å². The molecule has 2 aliphatic rings. The molecule has 0 saturated carbocycles. The molecule has 0 aliphatic carbocycles. The van der Waals surface area contributed by atoms with Gasteiger partial charge in [-0.3, -0.25) is 4.79 Å². The molecule has 1 N–H and O–H groups in total. The Hall–Kier alpha value is -4.55. The number of hydrogen-bond acceptors (Lipinski definition) is 7. The summed E-state index contributed by atoms with van der Waals surface area (Å²) in [6.45, 7) is 8.62. The Kier molecular flexibility index (Phi) is 7.72. The Labute approximate surface area is 246 Å². The van der Waals surface area contributed by atoms with Crippen LogP contribution in [0.4, 0.5) is 5.69 Å². The lowest BCUT2D eigenvalue weighted by molar-refractivity contribution is -0.129. The molecule has 0 unspecified atom stereocenters. The second kappa shape index (κ2) is 11.7. The Morgan fingerprint density at radius 1 is 1.05 bits per heavy atom. The van der Waals surface area contributed by atoms with Crippen molar-refractivity contribution in [1.29, 1.82) is 5.26 Å². The van der Waals surface area contributed by atoms with Gasteiger partial charge >= 0.3 is 0 Å². The van der Waals surface area contributed by atoms with E-state index in [2.05, 4.69) is 52.6 Å². The molecular formula is C33H36N6O3. The molecule has 6 rings (SSSR count). The van der Waals surface area contributed by atoms with Crippen molar-refractivity contribution < 1.29 is 14.3 Å². The summed E-state index contributed by atoms with van der Waals surface area (Å²) in [5.41, 5.74) is 5.35. The molecule has 0 bridgehead atoms. The fourth-order valence-electron chi connectivity index (χ4n) is 6.01. The monoisotopic (exact) mass is 564 g/mol. The van der Waals surface area contributed by atoms with Crippen LogP contribution in [0.2, 0.25) is 0 Å². The Balaban J connectivity index is 1.23. The summed E-state index contributed by atoms with van der Waals surface area (Å²) in [5.74, 6) is 1.51. The van der Waals surface area contributed by atoms with Crippen LogP contribution >= 0.6 is 0 Å².